The number of phenols is 1. The molecule has 16 heavy (non-hydrogen) atoms. The Hall–Kier alpha value is -0.980. The number of hydrogen-bond donors (Lipinski definition) is 1. The molecule has 1 heteroatoms. The van der Waals surface area contributed by atoms with Gasteiger partial charge in [0.1, 0.15) is 5.75 Å². The molecule has 2 aliphatic rings. The lowest BCUT2D eigenvalue weighted by molar-refractivity contribution is 0.124. The Balaban J connectivity index is 2.18. The van der Waals surface area contributed by atoms with Crippen LogP contribution >= 0.6 is 0 Å². The minimum absolute atomic E-state index is 0.301. The van der Waals surface area contributed by atoms with Crippen molar-refractivity contribution in [3.05, 3.63) is 29.3 Å². The van der Waals surface area contributed by atoms with Crippen molar-refractivity contribution in [3.63, 3.8) is 0 Å². The van der Waals surface area contributed by atoms with Gasteiger partial charge in [-0.25, -0.2) is 0 Å². The van der Waals surface area contributed by atoms with Crippen LogP contribution in [0.4, 0.5) is 0 Å². The molecule has 0 aromatic heterocycles. The summed E-state index contributed by atoms with van der Waals surface area (Å²) in [6.07, 6.45) is 5.23. The van der Waals surface area contributed by atoms with E-state index in [0.29, 0.717) is 11.2 Å². The molecule has 0 unspecified atom stereocenters. The molecular weight excluding hydrogens is 196 g/mol. The summed E-state index contributed by atoms with van der Waals surface area (Å²) in [5, 5.41) is 9.69. The molecule has 1 aromatic rings. The second-order valence-electron chi connectivity index (χ2n) is 5.90. The molecule has 0 aliphatic heterocycles. The third-order valence-corrected chi connectivity index (χ3v) is 5.17. The maximum absolute atomic E-state index is 9.69. The minimum atomic E-state index is 0.301. The highest BCUT2D eigenvalue weighted by molar-refractivity contribution is 5.43. The molecule has 0 heterocycles. The average molecular weight is 216 g/mol. The first-order valence-corrected chi connectivity index (χ1v) is 6.43. The van der Waals surface area contributed by atoms with Crippen molar-refractivity contribution in [3.8, 4) is 5.75 Å². The number of benzene rings is 1. The average Bonchev–Trinajstić information content (AvgIpc) is 2.25. The first-order valence-electron chi connectivity index (χ1n) is 6.43. The van der Waals surface area contributed by atoms with Gasteiger partial charge in [-0.05, 0) is 59.8 Å². The molecule has 2 aliphatic carbocycles. The van der Waals surface area contributed by atoms with Gasteiger partial charge >= 0.3 is 0 Å². The van der Waals surface area contributed by atoms with E-state index in [0.717, 1.165) is 11.8 Å². The lowest BCUT2D eigenvalue weighted by Gasteiger charge is -2.50. The standard InChI is InChI=1S/C15H20O/c1-10-11-4-3-7-15(10,2)14-9-13(16)6-5-12(14)8-11/h5-6,9-11,16H,3-4,7-8H2,1-2H3/t10-,11+,15+/m0/s1. The SMILES string of the molecule is C[C@H]1[C@@H]2CCC[C@@]1(C)c1cc(O)ccc1C2. The third kappa shape index (κ3) is 1.24. The molecule has 1 aromatic carbocycles. The Morgan fingerprint density at radius 3 is 3.00 bits per heavy atom. The van der Waals surface area contributed by atoms with Crippen LogP contribution in [0.1, 0.15) is 44.2 Å². The van der Waals surface area contributed by atoms with Gasteiger partial charge in [-0.15, -0.1) is 0 Å². The lowest BCUT2D eigenvalue weighted by atomic mass is 9.55. The summed E-state index contributed by atoms with van der Waals surface area (Å²) in [6, 6.07) is 5.98. The second-order valence-corrected chi connectivity index (χ2v) is 5.90. The molecule has 1 N–H and O–H groups in total. The first-order chi connectivity index (χ1) is 7.61. The van der Waals surface area contributed by atoms with Gasteiger partial charge in [0.15, 0.2) is 0 Å². The predicted molar refractivity (Wildman–Crippen MR) is 65.7 cm³/mol. The maximum Gasteiger partial charge on any atom is 0.115 e. The zero-order valence-electron chi connectivity index (χ0n) is 10.2. The Morgan fingerprint density at radius 1 is 1.38 bits per heavy atom. The van der Waals surface area contributed by atoms with Gasteiger partial charge in [0.05, 0.1) is 0 Å². The number of rotatable bonds is 0. The minimum Gasteiger partial charge on any atom is -0.508 e. The highest BCUT2D eigenvalue weighted by Gasteiger charge is 2.45. The van der Waals surface area contributed by atoms with Crippen molar-refractivity contribution in [2.45, 2.75) is 44.9 Å². The largest absolute Gasteiger partial charge is 0.508 e. The van der Waals surface area contributed by atoms with E-state index in [-0.39, 0.29) is 0 Å². The Bertz CT molecular complexity index is 423. The molecule has 2 bridgehead atoms. The summed E-state index contributed by atoms with van der Waals surface area (Å²) < 4.78 is 0. The zero-order valence-corrected chi connectivity index (χ0v) is 10.2. The molecular formula is C15H20O. The summed E-state index contributed by atoms with van der Waals surface area (Å²) in [5.74, 6) is 2.04. The van der Waals surface area contributed by atoms with Crippen LogP contribution in [0.2, 0.25) is 0 Å². The maximum atomic E-state index is 9.69. The third-order valence-electron chi connectivity index (χ3n) is 5.17. The summed E-state index contributed by atoms with van der Waals surface area (Å²) in [4.78, 5) is 0. The van der Waals surface area contributed by atoms with Crippen LogP contribution in [-0.2, 0) is 11.8 Å². The van der Waals surface area contributed by atoms with Crippen LogP contribution in [0.15, 0.2) is 18.2 Å². The van der Waals surface area contributed by atoms with Gasteiger partial charge in [0.25, 0.3) is 0 Å². The van der Waals surface area contributed by atoms with Crippen molar-refractivity contribution < 1.29 is 5.11 Å². The van der Waals surface area contributed by atoms with E-state index in [1.54, 1.807) is 0 Å². The molecule has 86 valence electrons. The highest BCUT2D eigenvalue weighted by Crippen LogP contribution is 2.52. The van der Waals surface area contributed by atoms with Gasteiger partial charge in [-0.2, -0.15) is 0 Å². The molecule has 3 rings (SSSR count). The van der Waals surface area contributed by atoms with Gasteiger partial charge < -0.3 is 5.11 Å². The van der Waals surface area contributed by atoms with Gasteiger partial charge in [-0.3, -0.25) is 0 Å². The van der Waals surface area contributed by atoms with E-state index in [2.05, 4.69) is 19.9 Å². The molecule has 0 amide bonds. The molecule has 0 spiro atoms. The fourth-order valence-electron chi connectivity index (χ4n) is 3.94. The predicted octanol–water partition coefficient (Wildman–Crippen LogP) is 3.64. The van der Waals surface area contributed by atoms with E-state index in [1.807, 2.05) is 12.1 Å². The van der Waals surface area contributed by atoms with Crippen molar-refractivity contribution in [2.24, 2.45) is 11.8 Å². The van der Waals surface area contributed by atoms with E-state index < -0.39 is 0 Å². The van der Waals surface area contributed by atoms with E-state index >= 15 is 0 Å². The van der Waals surface area contributed by atoms with E-state index in [1.165, 1.54) is 36.8 Å². The summed E-state index contributed by atoms with van der Waals surface area (Å²) in [6.45, 7) is 4.79. The summed E-state index contributed by atoms with van der Waals surface area (Å²) >= 11 is 0. The molecule has 1 saturated carbocycles. The highest BCUT2D eigenvalue weighted by atomic mass is 16.3. The normalized spacial score (nSPS) is 36.9. The van der Waals surface area contributed by atoms with Crippen molar-refractivity contribution in [2.75, 3.05) is 0 Å². The van der Waals surface area contributed by atoms with Gasteiger partial charge in [0.2, 0.25) is 0 Å². The summed E-state index contributed by atoms with van der Waals surface area (Å²) in [5.41, 5.74) is 3.19. The van der Waals surface area contributed by atoms with Crippen LogP contribution in [0.5, 0.6) is 5.75 Å². The Kier molecular flexibility index (Phi) is 2.07. The molecule has 1 nitrogen and oxygen atoms in total. The van der Waals surface area contributed by atoms with E-state index in [9.17, 15) is 5.11 Å². The summed E-state index contributed by atoms with van der Waals surface area (Å²) in [7, 11) is 0. The molecule has 1 fully saturated rings. The Labute approximate surface area is 97.5 Å². The monoisotopic (exact) mass is 216 g/mol. The zero-order chi connectivity index (χ0) is 11.3. The number of phenolic OH excluding ortho intramolecular Hbond substituents is 1. The molecule has 0 radical (unpaired) electrons. The van der Waals surface area contributed by atoms with Gasteiger partial charge in [0, 0.05) is 0 Å². The van der Waals surface area contributed by atoms with Crippen molar-refractivity contribution in [1.29, 1.82) is 0 Å². The smallest absolute Gasteiger partial charge is 0.115 e. The molecule has 0 saturated heterocycles. The fourth-order valence-corrected chi connectivity index (χ4v) is 3.94. The number of hydrogen-bond acceptors (Lipinski definition) is 1. The first kappa shape index (κ1) is 10.2. The quantitative estimate of drug-likeness (QED) is 0.702. The van der Waals surface area contributed by atoms with Gasteiger partial charge in [-0.1, -0.05) is 26.3 Å². The second kappa shape index (κ2) is 3.26. The van der Waals surface area contributed by atoms with Crippen LogP contribution < -0.4 is 0 Å². The Morgan fingerprint density at radius 2 is 2.19 bits per heavy atom. The van der Waals surface area contributed by atoms with Crippen LogP contribution in [0, 0.1) is 11.8 Å². The van der Waals surface area contributed by atoms with Crippen molar-refractivity contribution in [1.82, 2.24) is 0 Å². The fraction of sp³-hybridized carbons (Fsp3) is 0.600. The topological polar surface area (TPSA) is 20.2 Å². The number of aromatic hydroxyl groups is 1. The van der Waals surface area contributed by atoms with Crippen LogP contribution in [0.3, 0.4) is 0 Å². The van der Waals surface area contributed by atoms with Crippen LogP contribution in [-0.4, -0.2) is 5.11 Å². The molecule has 3 atom stereocenters. The number of fused-ring (bicyclic) bond motifs is 4. The van der Waals surface area contributed by atoms with E-state index in [4.69, 9.17) is 0 Å². The lowest BCUT2D eigenvalue weighted by Crippen LogP contribution is -2.44. The van der Waals surface area contributed by atoms with Crippen LogP contribution in [0.25, 0.3) is 0 Å². The van der Waals surface area contributed by atoms with Crippen molar-refractivity contribution >= 4 is 0 Å².